The van der Waals surface area contributed by atoms with E-state index < -0.39 is 0 Å². The monoisotopic (exact) mass is 402 g/mol. The SMILES string of the molecule is CCCS/S(OC)=[P+]1\[CH-]C1(C)/N=C/N(Sc1ccccc1)C(C)C. The highest BCUT2D eigenvalue weighted by Gasteiger charge is 2.48. The summed E-state index contributed by atoms with van der Waals surface area (Å²) in [6.45, 7) is 8.56. The number of hydrogen-bond donors (Lipinski definition) is 0. The average molecular weight is 403 g/mol. The Balaban J connectivity index is 2.05. The number of benzene rings is 1. The molecule has 134 valence electrons. The lowest BCUT2D eigenvalue weighted by atomic mass is 10.4. The highest BCUT2D eigenvalue weighted by Crippen LogP contribution is 2.69. The molecule has 3 atom stereocenters. The van der Waals surface area contributed by atoms with Crippen molar-refractivity contribution < 1.29 is 4.18 Å². The molecule has 0 radical (unpaired) electrons. The first-order valence-electron chi connectivity index (χ1n) is 8.14. The first-order chi connectivity index (χ1) is 11.5. The molecule has 1 fully saturated rings. The van der Waals surface area contributed by atoms with Crippen molar-refractivity contribution in [1.82, 2.24) is 4.31 Å². The third-order valence-electron chi connectivity index (χ3n) is 3.33. The van der Waals surface area contributed by atoms with Gasteiger partial charge in [0.25, 0.3) is 0 Å². The molecule has 1 aliphatic heterocycles. The van der Waals surface area contributed by atoms with Gasteiger partial charge in [-0.25, -0.2) is 0 Å². The van der Waals surface area contributed by atoms with Gasteiger partial charge in [0.1, 0.15) is 14.7 Å². The summed E-state index contributed by atoms with van der Waals surface area (Å²) >= 11 is 1.74. The van der Waals surface area contributed by atoms with E-state index in [9.17, 15) is 0 Å². The second-order valence-electron chi connectivity index (χ2n) is 5.86. The molecule has 0 N–H and O–H groups in total. The highest BCUT2D eigenvalue weighted by molar-refractivity contribution is 8.80. The van der Waals surface area contributed by atoms with Crippen LogP contribution in [0, 0.1) is 6.16 Å². The molecule has 1 aromatic rings. The van der Waals surface area contributed by atoms with Gasteiger partial charge in [-0.1, -0.05) is 25.1 Å². The van der Waals surface area contributed by atoms with E-state index in [0.29, 0.717) is 6.04 Å². The molecular formula is C17H27N2OPS3. The molecule has 0 amide bonds. The first kappa shape index (κ1) is 20.3. The molecular weight excluding hydrogens is 375 g/mol. The van der Waals surface area contributed by atoms with Crippen LogP contribution in [0.15, 0.2) is 40.2 Å². The predicted molar refractivity (Wildman–Crippen MR) is 115 cm³/mol. The second-order valence-corrected chi connectivity index (χ2v) is 14.7. The summed E-state index contributed by atoms with van der Waals surface area (Å²) in [6, 6.07) is 10.9. The molecule has 1 heterocycles. The fraction of sp³-hybridized carbons (Fsp3) is 0.529. The highest BCUT2D eigenvalue weighted by atomic mass is 33.2. The Kier molecular flexibility index (Phi) is 8.15. The fourth-order valence-corrected chi connectivity index (χ4v) is 12.2. The van der Waals surface area contributed by atoms with Crippen LogP contribution in [0.5, 0.6) is 0 Å². The van der Waals surface area contributed by atoms with E-state index in [2.05, 4.69) is 62.4 Å². The molecule has 7 heteroatoms. The van der Waals surface area contributed by atoms with Crippen molar-refractivity contribution in [2.75, 3.05) is 12.9 Å². The second kappa shape index (κ2) is 9.63. The lowest BCUT2D eigenvalue weighted by Gasteiger charge is -2.22. The Morgan fingerprint density at radius 2 is 2.12 bits per heavy atom. The lowest BCUT2D eigenvalue weighted by Crippen LogP contribution is -2.23. The van der Waals surface area contributed by atoms with E-state index in [1.807, 2.05) is 30.3 Å². The maximum absolute atomic E-state index is 5.72. The van der Waals surface area contributed by atoms with Gasteiger partial charge in [-0.05, 0) is 68.2 Å². The molecule has 3 nitrogen and oxygen atoms in total. The van der Waals surface area contributed by atoms with Crippen LogP contribution >= 0.6 is 29.4 Å². The Hall–Kier alpha value is 0. The summed E-state index contributed by atoms with van der Waals surface area (Å²) in [5.74, 6) is 1.16. The Bertz CT molecular complexity index is 595. The van der Waals surface area contributed by atoms with Gasteiger partial charge in [0.05, 0.1) is 13.4 Å². The summed E-state index contributed by atoms with van der Waals surface area (Å²) in [5, 5.41) is -0.0282. The standard InChI is InChI=1S/C17H27N2OPS3/c1-6-12-22-24(20-5)21-13-17(21,4)18-14-19(15(2)3)23-16-10-8-7-9-11-16/h7-11,13-15H,6,12H2,1-5H3/b18-14+. The Morgan fingerprint density at radius 1 is 1.42 bits per heavy atom. The summed E-state index contributed by atoms with van der Waals surface area (Å²) in [7, 11) is 3.76. The third kappa shape index (κ3) is 5.77. The van der Waals surface area contributed by atoms with Gasteiger partial charge in [0.15, 0.2) is 0 Å². The van der Waals surface area contributed by atoms with E-state index in [4.69, 9.17) is 9.18 Å². The maximum atomic E-state index is 5.72. The van der Waals surface area contributed by atoms with E-state index in [1.54, 1.807) is 11.9 Å². The van der Waals surface area contributed by atoms with Gasteiger partial charge < -0.3 is 4.31 Å². The van der Waals surface area contributed by atoms with Gasteiger partial charge >= 0.3 is 0 Å². The lowest BCUT2D eigenvalue weighted by molar-refractivity contribution is 0.492. The quantitative estimate of drug-likeness (QED) is 0.127. The topological polar surface area (TPSA) is 24.8 Å². The van der Waals surface area contributed by atoms with Crippen molar-refractivity contribution in [3.8, 4) is 0 Å². The van der Waals surface area contributed by atoms with Crippen molar-refractivity contribution in [3.63, 3.8) is 0 Å². The van der Waals surface area contributed by atoms with Crippen LogP contribution in [0.25, 0.3) is 0 Å². The Morgan fingerprint density at radius 3 is 2.71 bits per heavy atom. The van der Waals surface area contributed by atoms with E-state index >= 15 is 0 Å². The van der Waals surface area contributed by atoms with Crippen LogP contribution in [0.3, 0.4) is 0 Å². The van der Waals surface area contributed by atoms with Gasteiger partial charge in [-0.15, -0.1) is 0 Å². The minimum atomic E-state index is -0.271. The van der Waals surface area contributed by atoms with Crippen LogP contribution in [0.2, 0.25) is 0 Å². The zero-order chi connectivity index (χ0) is 17.6. The normalized spacial score (nSPS) is 23.0. The molecule has 1 aliphatic rings. The Labute approximate surface area is 158 Å². The molecule has 2 rings (SSSR count). The first-order valence-corrected chi connectivity index (χ1v) is 13.6. The molecule has 0 aromatic heterocycles. The van der Waals surface area contributed by atoms with Gasteiger partial charge in [-0.3, -0.25) is 9.18 Å². The minimum absolute atomic E-state index is 0.0178. The molecule has 0 saturated carbocycles. The molecule has 1 aromatic carbocycles. The minimum Gasteiger partial charge on any atom is -0.300 e. The third-order valence-corrected chi connectivity index (χ3v) is 14.3. The van der Waals surface area contributed by atoms with E-state index in [0.717, 1.165) is 5.75 Å². The summed E-state index contributed by atoms with van der Waals surface area (Å²) in [4.78, 5) is 6.15. The van der Waals surface area contributed by atoms with Crippen LogP contribution in [0.1, 0.15) is 34.1 Å². The van der Waals surface area contributed by atoms with Crippen LogP contribution < -0.4 is 0 Å². The number of rotatable bonds is 9. The zero-order valence-corrected chi connectivity index (χ0v) is 18.4. The smallest absolute Gasteiger partial charge is 0.145 e. The largest absolute Gasteiger partial charge is 0.300 e. The molecule has 1 saturated heterocycles. The zero-order valence-electron chi connectivity index (χ0n) is 15.0. The summed E-state index contributed by atoms with van der Waals surface area (Å²) in [5.41, 5.74) is 0. The van der Waals surface area contributed by atoms with E-state index in [1.165, 1.54) is 11.3 Å². The molecule has 0 spiro atoms. The van der Waals surface area contributed by atoms with Crippen LogP contribution in [0.4, 0.5) is 0 Å². The van der Waals surface area contributed by atoms with Crippen molar-refractivity contribution >= 4 is 45.2 Å². The summed E-state index contributed by atoms with van der Waals surface area (Å²) < 4.78 is 7.94. The van der Waals surface area contributed by atoms with E-state index in [-0.39, 0.29) is 21.4 Å². The van der Waals surface area contributed by atoms with Gasteiger partial charge in [0, 0.05) is 23.4 Å². The number of aliphatic imine (C=N–C) groups is 1. The van der Waals surface area contributed by atoms with Crippen LogP contribution in [-0.2, 0) is 13.6 Å². The number of hydrogen-bond acceptors (Lipinski definition) is 4. The van der Waals surface area contributed by atoms with Gasteiger partial charge in [0.2, 0.25) is 0 Å². The van der Waals surface area contributed by atoms with Crippen molar-refractivity contribution in [3.05, 3.63) is 36.5 Å². The predicted octanol–water partition coefficient (Wildman–Crippen LogP) is 5.96. The van der Waals surface area contributed by atoms with Gasteiger partial charge in [-0.2, -0.15) is 0 Å². The molecule has 0 bridgehead atoms. The molecule has 3 unspecified atom stereocenters. The summed E-state index contributed by atoms with van der Waals surface area (Å²) in [6.07, 6.45) is 5.58. The molecule has 24 heavy (non-hydrogen) atoms. The maximum Gasteiger partial charge on any atom is 0.145 e. The molecule has 0 aliphatic carbocycles. The van der Waals surface area contributed by atoms with Crippen molar-refractivity contribution in [1.29, 1.82) is 0 Å². The van der Waals surface area contributed by atoms with Crippen LogP contribution in [-0.4, -0.2) is 34.8 Å². The average Bonchev–Trinajstić information content (AvgIpc) is 3.24. The van der Waals surface area contributed by atoms with Crippen molar-refractivity contribution in [2.45, 2.75) is 50.3 Å². The van der Waals surface area contributed by atoms with Crippen molar-refractivity contribution in [2.24, 2.45) is 4.99 Å². The number of nitrogens with zero attached hydrogens (tertiary/aromatic N) is 2. The fourth-order valence-electron chi connectivity index (χ4n) is 1.86.